The van der Waals surface area contributed by atoms with E-state index in [4.69, 9.17) is 0 Å². The van der Waals surface area contributed by atoms with Crippen molar-refractivity contribution in [3.63, 3.8) is 0 Å². The Kier molecular flexibility index (Phi) is 4.14. The second-order valence-electron chi connectivity index (χ2n) is 6.69. The minimum absolute atomic E-state index is 0.161. The molecule has 6 nitrogen and oxygen atoms in total. The summed E-state index contributed by atoms with van der Waals surface area (Å²) in [6, 6.07) is 10.9. The second-order valence-corrected chi connectivity index (χ2v) is 6.69. The normalized spacial score (nSPS) is 16.7. The van der Waals surface area contributed by atoms with Crippen LogP contribution in [-0.2, 0) is 0 Å². The fraction of sp³-hybridized carbons (Fsp3) is 0.250. The summed E-state index contributed by atoms with van der Waals surface area (Å²) in [7, 11) is 1.43. The van der Waals surface area contributed by atoms with E-state index in [-0.39, 0.29) is 29.1 Å². The number of carbonyl (C=O) groups is 3. The molecule has 0 spiro atoms. The van der Waals surface area contributed by atoms with Gasteiger partial charge in [0.15, 0.2) is 0 Å². The summed E-state index contributed by atoms with van der Waals surface area (Å²) in [4.78, 5) is 41.8. The Morgan fingerprint density at radius 2 is 1.52 bits per heavy atom. The number of amides is 3. The summed E-state index contributed by atoms with van der Waals surface area (Å²) in [5.74, 6) is -1.16. The van der Waals surface area contributed by atoms with Crippen LogP contribution >= 0.6 is 0 Å². The van der Waals surface area contributed by atoms with Crippen molar-refractivity contribution in [2.75, 3.05) is 38.1 Å². The van der Waals surface area contributed by atoms with Gasteiger partial charge in [0.25, 0.3) is 17.7 Å². The first kappa shape index (κ1) is 17.2. The topological polar surface area (TPSA) is 60.9 Å². The SMILES string of the molecule is CN1C(=O)c2ccc(C(=O)N3CCN(c4ccc(F)cc4)CC3)cc2C1=O. The summed E-state index contributed by atoms with van der Waals surface area (Å²) >= 11 is 0. The molecule has 27 heavy (non-hydrogen) atoms. The lowest BCUT2D eigenvalue weighted by Gasteiger charge is -2.36. The quantitative estimate of drug-likeness (QED) is 0.762. The molecule has 7 heteroatoms. The lowest BCUT2D eigenvalue weighted by Crippen LogP contribution is -2.48. The number of anilines is 1. The number of imide groups is 1. The molecule has 2 aliphatic heterocycles. The Bertz CT molecular complexity index is 934. The zero-order valence-corrected chi connectivity index (χ0v) is 14.8. The minimum Gasteiger partial charge on any atom is -0.368 e. The summed E-state index contributed by atoms with van der Waals surface area (Å²) in [6.45, 7) is 2.34. The number of hydrogen-bond acceptors (Lipinski definition) is 4. The third kappa shape index (κ3) is 2.95. The Labute approximate surface area is 155 Å². The van der Waals surface area contributed by atoms with Crippen LogP contribution in [0.1, 0.15) is 31.1 Å². The van der Waals surface area contributed by atoms with Crippen LogP contribution in [0.4, 0.5) is 10.1 Å². The van der Waals surface area contributed by atoms with Gasteiger partial charge in [-0.15, -0.1) is 0 Å². The van der Waals surface area contributed by atoms with E-state index < -0.39 is 0 Å². The van der Waals surface area contributed by atoms with Gasteiger partial charge in [-0.05, 0) is 42.5 Å². The molecular weight excluding hydrogens is 349 g/mol. The number of benzene rings is 2. The van der Waals surface area contributed by atoms with Crippen molar-refractivity contribution in [3.05, 3.63) is 65.0 Å². The van der Waals surface area contributed by atoms with Crippen molar-refractivity contribution >= 4 is 23.4 Å². The van der Waals surface area contributed by atoms with Crippen LogP contribution < -0.4 is 4.90 Å². The van der Waals surface area contributed by atoms with Crippen LogP contribution in [0.15, 0.2) is 42.5 Å². The molecule has 2 aliphatic rings. The number of carbonyl (C=O) groups excluding carboxylic acids is 3. The van der Waals surface area contributed by atoms with Crippen LogP contribution in [-0.4, -0.2) is 60.7 Å². The Morgan fingerprint density at radius 3 is 2.19 bits per heavy atom. The van der Waals surface area contributed by atoms with Gasteiger partial charge in [-0.3, -0.25) is 19.3 Å². The number of hydrogen-bond donors (Lipinski definition) is 0. The van der Waals surface area contributed by atoms with Gasteiger partial charge in [-0.1, -0.05) is 0 Å². The maximum absolute atomic E-state index is 13.1. The predicted molar refractivity (Wildman–Crippen MR) is 97.4 cm³/mol. The van der Waals surface area contributed by atoms with Crippen LogP contribution in [0.5, 0.6) is 0 Å². The highest BCUT2D eigenvalue weighted by Gasteiger charge is 2.33. The molecule has 0 unspecified atom stereocenters. The molecule has 0 N–H and O–H groups in total. The van der Waals surface area contributed by atoms with Gasteiger partial charge < -0.3 is 9.80 Å². The smallest absolute Gasteiger partial charge is 0.261 e. The molecule has 0 radical (unpaired) electrons. The average Bonchev–Trinajstić information content (AvgIpc) is 2.92. The van der Waals surface area contributed by atoms with E-state index in [0.29, 0.717) is 37.3 Å². The van der Waals surface area contributed by atoms with Crippen molar-refractivity contribution in [3.8, 4) is 0 Å². The van der Waals surface area contributed by atoms with Crippen LogP contribution in [0, 0.1) is 5.82 Å². The van der Waals surface area contributed by atoms with Gasteiger partial charge in [-0.2, -0.15) is 0 Å². The lowest BCUT2D eigenvalue weighted by molar-refractivity contribution is 0.0692. The van der Waals surface area contributed by atoms with Crippen molar-refractivity contribution in [1.29, 1.82) is 0 Å². The maximum Gasteiger partial charge on any atom is 0.261 e. The molecule has 0 aliphatic carbocycles. The highest BCUT2D eigenvalue weighted by Crippen LogP contribution is 2.24. The van der Waals surface area contributed by atoms with Crippen LogP contribution in [0.2, 0.25) is 0 Å². The highest BCUT2D eigenvalue weighted by atomic mass is 19.1. The third-order valence-electron chi connectivity index (χ3n) is 5.10. The number of fused-ring (bicyclic) bond motifs is 1. The van der Waals surface area contributed by atoms with E-state index in [2.05, 4.69) is 4.90 Å². The molecule has 138 valence electrons. The summed E-state index contributed by atoms with van der Waals surface area (Å²) in [6.07, 6.45) is 0. The Morgan fingerprint density at radius 1 is 0.889 bits per heavy atom. The standard InChI is InChI=1S/C20H18FN3O3/c1-22-19(26)16-7-2-13(12-17(16)20(22)27)18(25)24-10-8-23(9-11-24)15-5-3-14(21)4-6-15/h2-7,12H,8-11H2,1H3. The molecule has 1 saturated heterocycles. The van der Waals surface area contributed by atoms with Crippen molar-refractivity contribution in [1.82, 2.24) is 9.80 Å². The van der Waals surface area contributed by atoms with Gasteiger partial charge in [-0.25, -0.2) is 4.39 Å². The van der Waals surface area contributed by atoms with Crippen LogP contribution in [0.25, 0.3) is 0 Å². The molecule has 0 aromatic heterocycles. The summed E-state index contributed by atoms with van der Waals surface area (Å²) in [5, 5.41) is 0. The monoisotopic (exact) mass is 367 g/mol. The van der Waals surface area contributed by atoms with Crippen LogP contribution in [0.3, 0.4) is 0 Å². The molecule has 2 heterocycles. The van der Waals surface area contributed by atoms with Gasteiger partial charge in [0.2, 0.25) is 0 Å². The van der Waals surface area contributed by atoms with E-state index in [1.807, 2.05) is 0 Å². The zero-order chi connectivity index (χ0) is 19.1. The molecule has 0 bridgehead atoms. The molecule has 3 amide bonds. The Hall–Kier alpha value is -3.22. The largest absolute Gasteiger partial charge is 0.368 e. The molecule has 2 aromatic rings. The maximum atomic E-state index is 13.1. The average molecular weight is 367 g/mol. The molecule has 1 fully saturated rings. The summed E-state index contributed by atoms with van der Waals surface area (Å²) in [5.41, 5.74) is 1.94. The number of piperazine rings is 1. The predicted octanol–water partition coefficient (Wildman–Crippen LogP) is 2.01. The first-order valence-electron chi connectivity index (χ1n) is 8.72. The van der Waals surface area contributed by atoms with Crippen molar-refractivity contribution < 1.29 is 18.8 Å². The fourth-order valence-corrected chi connectivity index (χ4v) is 3.50. The molecule has 4 rings (SSSR count). The molecule has 2 aromatic carbocycles. The van der Waals surface area contributed by atoms with Crippen molar-refractivity contribution in [2.45, 2.75) is 0 Å². The zero-order valence-electron chi connectivity index (χ0n) is 14.8. The van der Waals surface area contributed by atoms with E-state index in [1.54, 1.807) is 29.2 Å². The van der Waals surface area contributed by atoms with Gasteiger partial charge >= 0.3 is 0 Å². The Balaban J connectivity index is 1.47. The number of nitrogens with zero attached hydrogens (tertiary/aromatic N) is 3. The number of rotatable bonds is 2. The van der Waals surface area contributed by atoms with Gasteiger partial charge in [0.1, 0.15) is 5.82 Å². The summed E-state index contributed by atoms with van der Waals surface area (Å²) < 4.78 is 13.1. The van der Waals surface area contributed by atoms with Crippen molar-refractivity contribution in [2.24, 2.45) is 0 Å². The van der Waals surface area contributed by atoms with E-state index >= 15 is 0 Å². The molecule has 0 saturated carbocycles. The first-order chi connectivity index (χ1) is 13.0. The first-order valence-corrected chi connectivity index (χ1v) is 8.72. The lowest BCUT2D eigenvalue weighted by atomic mass is 10.0. The van der Waals surface area contributed by atoms with E-state index in [1.165, 1.54) is 25.2 Å². The van der Waals surface area contributed by atoms with Gasteiger partial charge in [0.05, 0.1) is 11.1 Å². The van der Waals surface area contributed by atoms with E-state index in [0.717, 1.165) is 10.6 Å². The molecular formula is C20H18FN3O3. The fourth-order valence-electron chi connectivity index (χ4n) is 3.50. The van der Waals surface area contributed by atoms with E-state index in [9.17, 15) is 18.8 Å². The number of halogens is 1. The minimum atomic E-state index is -0.384. The molecule has 0 atom stereocenters. The van der Waals surface area contributed by atoms with Gasteiger partial charge in [0, 0.05) is 44.5 Å². The highest BCUT2D eigenvalue weighted by molar-refractivity contribution is 6.21. The third-order valence-corrected chi connectivity index (χ3v) is 5.10. The second kappa shape index (κ2) is 6.50.